The predicted octanol–water partition coefficient (Wildman–Crippen LogP) is 3.67. The van der Waals surface area contributed by atoms with E-state index in [0.717, 1.165) is 43.4 Å². The van der Waals surface area contributed by atoms with Gasteiger partial charge in [-0.15, -0.1) is 0 Å². The lowest BCUT2D eigenvalue weighted by Gasteiger charge is -2.26. The van der Waals surface area contributed by atoms with Gasteiger partial charge >= 0.3 is 0 Å². The number of aryl methyl sites for hydroxylation is 2. The summed E-state index contributed by atoms with van der Waals surface area (Å²) in [6, 6.07) is 3.73. The third-order valence-corrected chi connectivity index (χ3v) is 6.10. The topological polar surface area (TPSA) is 64.7 Å². The van der Waals surface area contributed by atoms with Crippen LogP contribution in [0.5, 0.6) is 0 Å². The van der Waals surface area contributed by atoms with Gasteiger partial charge in [-0.1, -0.05) is 0 Å². The van der Waals surface area contributed by atoms with Gasteiger partial charge in [0.25, 0.3) is 5.91 Å². The molecule has 0 fully saturated rings. The Bertz CT molecular complexity index is 1120. The van der Waals surface area contributed by atoms with Gasteiger partial charge in [0.1, 0.15) is 29.0 Å². The molecule has 0 spiro atoms. The van der Waals surface area contributed by atoms with Crippen LogP contribution in [0.4, 0.5) is 8.78 Å². The van der Waals surface area contributed by atoms with Crippen molar-refractivity contribution in [2.24, 2.45) is 0 Å². The van der Waals surface area contributed by atoms with Crippen LogP contribution >= 0.6 is 0 Å². The molecule has 2 atom stereocenters. The Morgan fingerprint density at radius 3 is 2.90 bits per heavy atom. The van der Waals surface area contributed by atoms with Crippen molar-refractivity contribution in [3.63, 3.8) is 0 Å². The van der Waals surface area contributed by atoms with E-state index < -0.39 is 11.6 Å². The first kappa shape index (κ1) is 19.0. The Hall–Kier alpha value is -3.03. The smallest absolute Gasteiger partial charge is 0.269 e. The molecule has 1 N–H and O–H groups in total. The molecule has 2 aliphatic heterocycles. The molecule has 30 heavy (non-hydrogen) atoms. The fourth-order valence-electron chi connectivity index (χ4n) is 4.58. The number of halogens is 2. The Kier molecular flexibility index (Phi) is 4.64. The van der Waals surface area contributed by atoms with E-state index in [2.05, 4.69) is 26.8 Å². The van der Waals surface area contributed by atoms with E-state index in [9.17, 15) is 13.6 Å². The normalized spacial score (nSPS) is 20.5. The highest BCUT2D eigenvalue weighted by Gasteiger charge is 2.27. The molecule has 2 aromatic heterocycles. The summed E-state index contributed by atoms with van der Waals surface area (Å²) in [5.74, 6) is 0.468. The second-order valence-corrected chi connectivity index (χ2v) is 8.20. The molecule has 156 valence electrons. The molecule has 2 unspecified atom stereocenters. The third kappa shape index (κ3) is 3.30. The first-order valence-corrected chi connectivity index (χ1v) is 10.4. The molecule has 0 bridgehead atoms. The van der Waals surface area contributed by atoms with Crippen molar-refractivity contribution in [2.75, 3.05) is 0 Å². The standard InChI is InChI=1S/C22H23F2N5O/c1-13-3-2-4-20-25-10-19(29(13)20)22(30)26-15-6-8-21-27-18(12-28(21)11-15)16-7-5-14(23)9-17(16)24/h5,7,9-10,12-13,15H,2-4,6,8,11H2,1H3,(H,26,30). The number of carbonyl (C=O) groups excluding carboxylic acids is 1. The van der Waals surface area contributed by atoms with E-state index in [1.54, 1.807) is 12.4 Å². The molecule has 0 aliphatic carbocycles. The molecule has 1 amide bonds. The molecule has 0 radical (unpaired) electrons. The van der Waals surface area contributed by atoms with Crippen LogP contribution in [-0.4, -0.2) is 31.1 Å². The third-order valence-electron chi connectivity index (χ3n) is 6.10. The first-order valence-electron chi connectivity index (χ1n) is 10.4. The fraction of sp³-hybridized carbons (Fsp3) is 0.409. The van der Waals surface area contributed by atoms with Crippen molar-refractivity contribution in [3.05, 3.63) is 59.6 Å². The van der Waals surface area contributed by atoms with E-state index in [1.165, 1.54) is 12.1 Å². The number of fused-ring (bicyclic) bond motifs is 2. The quantitative estimate of drug-likeness (QED) is 0.715. The van der Waals surface area contributed by atoms with Crippen LogP contribution in [0, 0.1) is 11.6 Å². The predicted molar refractivity (Wildman–Crippen MR) is 107 cm³/mol. The summed E-state index contributed by atoms with van der Waals surface area (Å²) in [4.78, 5) is 21.9. The van der Waals surface area contributed by atoms with Crippen molar-refractivity contribution < 1.29 is 13.6 Å². The van der Waals surface area contributed by atoms with Crippen LogP contribution < -0.4 is 5.32 Å². The summed E-state index contributed by atoms with van der Waals surface area (Å²) in [5, 5.41) is 3.13. The molecule has 4 heterocycles. The Labute approximate surface area is 173 Å². The minimum absolute atomic E-state index is 0.0461. The molecule has 0 saturated carbocycles. The van der Waals surface area contributed by atoms with Gasteiger partial charge in [-0.2, -0.15) is 0 Å². The highest BCUT2D eigenvalue weighted by Crippen LogP contribution is 2.27. The van der Waals surface area contributed by atoms with Crippen LogP contribution in [0.2, 0.25) is 0 Å². The van der Waals surface area contributed by atoms with Crippen LogP contribution in [0.1, 0.15) is 54.4 Å². The van der Waals surface area contributed by atoms with E-state index in [4.69, 9.17) is 0 Å². The summed E-state index contributed by atoms with van der Waals surface area (Å²) >= 11 is 0. The number of amides is 1. The second-order valence-electron chi connectivity index (χ2n) is 8.20. The number of rotatable bonds is 3. The van der Waals surface area contributed by atoms with Gasteiger partial charge < -0.3 is 14.5 Å². The minimum atomic E-state index is -0.630. The minimum Gasteiger partial charge on any atom is -0.346 e. The van der Waals surface area contributed by atoms with Gasteiger partial charge in [0.15, 0.2) is 0 Å². The summed E-state index contributed by atoms with van der Waals surface area (Å²) in [5.41, 5.74) is 1.37. The van der Waals surface area contributed by atoms with Gasteiger partial charge in [-0.3, -0.25) is 4.79 Å². The first-order chi connectivity index (χ1) is 14.5. The number of hydrogen-bond acceptors (Lipinski definition) is 3. The SMILES string of the molecule is CC1CCCc2ncc(C(=O)NC3CCc4nc(-c5ccc(F)cc5F)cn4C3)n21. The number of nitrogens with one attached hydrogen (secondary N) is 1. The molecule has 1 aromatic carbocycles. The lowest BCUT2D eigenvalue weighted by molar-refractivity contribution is 0.0914. The number of imidazole rings is 2. The lowest BCUT2D eigenvalue weighted by atomic mass is 10.1. The maximum atomic E-state index is 14.1. The Morgan fingerprint density at radius 2 is 2.07 bits per heavy atom. The second kappa shape index (κ2) is 7.34. The monoisotopic (exact) mass is 411 g/mol. The van der Waals surface area contributed by atoms with Gasteiger partial charge in [-0.05, 0) is 38.3 Å². The molecule has 5 rings (SSSR count). The van der Waals surface area contributed by atoms with Crippen LogP contribution in [-0.2, 0) is 19.4 Å². The van der Waals surface area contributed by atoms with E-state index in [0.29, 0.717) is 24.4 Å². The molecular formula is C22H23F2N5O. The number of hydrogen-bond donors (Lipinski definition) is 1. The number of nitrogens with zero attached hydrogens (tertiary/aromatic N) is 4. The van der Waals surface area contributed by atoms with Gasteiger partial charge in [-0.25, -0.2) is 18.7 Å². The summed E-state index contributed by atoms with van der Waals surface area (Å²) in [6.07, 6.45) is 7.93. The zero-order valence-corrected chi connectivity index (χ0v) is 16.7. The fourth-order valence-corrected chi connectivity index (χ4v) is 4.58. The van der Waals surface area contributed by atoms with E-state index in [1.807, 2.05) is 4.57 Å². The average molecular weight is 411 g/mol. The van der Waals surface area contributed by atoms with Crippen LogP contribution in [0.15, 0.2) is 30.6 Å². The van der Waals surface area contributed by atoms with Gasteiger partial charge in [0, 0.05) is 49.3 Å². The Balaban J connectivity index is 1.32. The van der Waals surface area contributed by atoms with Gasteiger partial charge in [0.2, 0.25) is 0 Å². The van der Waals surface area contributed by atoms with E-state index in [-0.39, 0.29) is 23.6 Å². The van der Waals surface area contributed by atoms with Crippen molar-refractivity contribution in [2.45, 2.75) is 57.7 Å². The van der Waals surface area contributed by atoms with Crippen molar-refractivity contribution >= 4 is 5.91 Å². The maximum Gasteiger partial charge on any atom is 0.269 e. The number of carbonyl (C=O) groups is 1. The van der Waals surface area contributed by atoms with Crippen molar-refractivity contribution in [1.82, 2.24) is 24.4 Å². The summed E-state index contributed by atoms with van der Waals surface area (Å²) in [6.45, 7) is 2.68. The lowest BCUT2D eigenvalue weighted by Crippen LogP contribution is -2.41. The highest BCUT2D eigenvalue weighted by atomic mass is 19.1. The number of aromatic nitrogens is 4. The molecule has 2 aliphatic rings. The highest BCUT2D eigenvalue weighted by molar-refractivity contribution is 5.92. The zero-order valence-electron chi connectivity index (χ0n) is 16.7. The van der Waals surface area contributed by atoms with Crippen molar-refractivity contribution in [3.8, 4) is 11.3 Å². The maximum absolute atomic E-state index is 14.1. The molecular weight excluding hydrogens is 388 g/mol. The summed E-state index contributed by atoms with van der Waals surface area (Å²) in [7, 11) is 0. The molecule has 8 heteroatoms. The van der Waals surface area contributed by atoms with Crippen molar-refractivity contribution in [1.29, 1.82) is 0 Å². The summed E-state index contributed by atoms with van der Waals surface area (Å²) < 4.78 is 31.3. The van der Waals surface area contributed by atoms with Crippen LogP contribution in [0.3, 0.4) is 0 Å². The zero-order chi connectivity index (χ0) is 20.8. The largest absolute Gasteiger partial charge is 0.346 e. The average Bonchev–Trinajstić information content (AvgIpc) is 3.32. The van der Waals surface area contributed by atoms with E-state index >= 15 is 0 Å². The Morgan fingerprint density at radius 1 is 1.20 bits per heavy atom. The molecule has 3 aromatic rings. The molecule has 0 saturated heterocycles. The molecule has 6 nitrogen and oxygen atoms in total. The number of benzene rings is 1. The van der Waals surface area contributed by atoms with Crippen LogP contribution in [0.25, 0.3) is 11.3 Å². The van der Waals surface area contributed by atoms with Gasteiger partial charge in [0.05, 0.1) is 11.9 Å².